The Balaban J connectivity index is 1.52. The zero-order valence-corrected chi connectivity index (χ0v) is 15.3. The number of methoxy groups -OCH3 is 1. The number of rotatable bonds is 4. The van der Waals surface area contributed by atoms with E-state index in [9.17, 15) is 4.79 Å². The number of ether oxygens (including phenoxy) is 3. The predicted octanol–water partition coefficient (Wildman–Crippen LogP) is 5.39. The number of oxazole rings is 1. The Labute approximate surface area is 161 Å². The molecule has 0 saturated carbocycles. The van der Waals surface area contributed by atoms with Crippen LogP contribution in [0.2, 0.25) is 0 Å². The van der Waals surface area contributed by atoms with Gasteiger partial charge in [-0.3, -0.25) is 0 Å². The Hall–Kier alpha value is -3.80. The summed E-state index contributed by atoms with van der Waals surface area (Å²) < 4.78 is 21.3. The molecule has 0 spiro atoms. The third-order valence-electron chi connectivity index (χ3n) is 4.21. The molecule has 1 aromatic heterocycles. The summed E-state index contributed by atoms with van der Waals surface area (Å²) >= 11 is 0. The summed E-state index contributed by atoms with van der Waals surface area (Å²) in [4.78, 5) is 16.6. The monoisotopic (exact) mass is 375 g/mol. The highest BCUT2D eigenvalue weighted by molar-refractivity contribution is 5.89. The number of fused-ring (bicyclic) bond motifs is 1. The lowest BCUT2D eigenvalue weighted by molar-refractivity contribution is 0.140. The van der Waals surface area contributed by atoms with Gasteiger partial charge < -0.3 is 18.6 Å². The molecule has 1 heterocycles. The van der Waals surface area contributed by atoms with Gasteiger partial charge in [-0.25, -0.2) is 9.78 Å². The van der Waals surface area contributed by atoms with Gasteiger partial charge in [0, 0.05) is 10.9 Å². The van der Waals surface area contributed by atoms with E-state index in [1.807, 2.05) is 48.5 Å². The van der Waals surface area contributed by atoms with Crippen molar-refractivity contribution in [2.75, 3.05) is 7.11 Å². The summed E-state index contributed by atoms with van der Waals surface area (Å²) in [5.74, 6) is 1.47. The molecule has 28 heavy (non-hydrogen) atoms. The molecule has 0 bridgehead atoms. The van der Waals surface area contributed by atoms with Crippen LogP contribution in [0.1, 0.15) is 5.69 Å². The van der Waals surface area contributed by atoms with Crippen molar-refractivity contribution in [3.63, 3.8) is 0 Å². The van der Waals surface area contributed by atoms with Gasteiger partial charge in [0.2, 0.25) is 5.89 Å². The van der Waals surface area contributed by atoms with Crippen molar-refractivity contribution in [1.29, 1.82) is 0 Å². The molecule has 0 atom stereocenters. The fourth-order valence-corrected chi connectivity index (χ4v) is 2.81. The molecule has 0 N–H and O–H groups in total. The first kappa shape index (κ1) is 17.6. The third-order valence-corrected chi connectivity index (χ3v) is 4.21. The maximum Gasteiger partial charge on any atom is 0.521 e. The molecular formula is C22H17NO5. The standard InChI is InChI=1S/C22H17NO5/c1-14-21(27-20(23-14)16-10-12-17(25-2)13-11-16)28-22(24)26-19-9-5-7-15-6-3-4-8-18(15)19/h3-13H,1-2H3. The van der Waals surface area contributed by atoms with E-state index in [0.717, 1.165) is 22.1 Å². The zero-order valence-electron chi connectivity index (χ0n) is 15.3. The second-order valence-corrected chi connectivity index (χ2v) is 6.05. The van der Waals surface area contributed by atoms with Crippen LogP contribution in [-0.2, 0) is 0 Å². The van der Waals surface area contributed by atoms with E-state index in [2.05, 4.69) is 4.98 Å². The molecule has 3 aromatic carbocycles. The molecule has 0 aliphatic rings. The minimum atomic E-state index is -0.892. The number of aryl methyl sites for hydroxylation is 1. The number of hydrogen-bond donors (Lipinski definition) is 0. The van der Waals surface area contributed by atoms with Crippen molar-refractivity contribution in [2.45, 2.75) is 6.92 Å². The first-order chi connectivity index (χ1) is 13.6. The average molecular weight is 375 g/mol. The average Bonchev–Trinajstić information content (AvgIpc) is 3.08. The van der Waals surface area contributed by atoms with E-state index < -0.39 is 6.16 Å². The molecule has 4 rings (SSSR count). The van der Waals surface area contributed by atoms with Gasteiger partial charge in [0.15, 0.2) is 0 Å². The topological polar surface area (TPSA) is 70.8 Å². The predicted molar refractivity (Wildman–Crippen MR) is 104 cm³/mol. The van der Waals surface area contributed by atoms with Crippen LogP contribution >= 0.6 is 0 Å². The number of aromatic nitrogens is 1. The first-order valence-corrected chi connectivity index (χ1v) is 8.63. The van der Waals surface area contributed by atoms with E-state index in [-0.39, 0.29) is 5.95 Å². The highest BCUT2D eigenvalue weighted by Gasteiger charge is 2.18. The molecule has 140 valence electrons. The fourth-order valence-electron chi connectivity index (χ4n) is 2.81. The minimum Gasteiger partial charge on any atom is -0.497 e. The molecule has 0 unspecified atom stereocenters. The minimum absolute atomic E-state index is 0.00365. The van der Waals surface area contributed by atoms with Gasteiger partial charge >= 0.3 is 12.1 Å². The highest BCUT2D eigenvalue weighted by atomic mass is 16.8. The smallest absolute Gasteiger partial charge is 0.497 e. The molecule has 6 heteroatoms. The van der Waals surface area contributed by atoms with Crippen LogP contribution in [0.3, 0.4) is 0 Å². The largest absolute Gasteiger partial charge is 0.521 e. The lowest BCUT2D eigenvalue weighted by atomic mass is 10.1. The van der Waals surface area contributed by atoms with E-state index in [1.54, 1.807) is 32.2 Å². The van der Waals surface area contributed by atoms with Crippen LogP contribution < -0.4 is 14.2 Å². The Morgan fingerprint density at radius 3 is 2.46 bits per heavy atom. The first-order valence-electron chi connectivity index (χ1n) is 8.63. The number of carbonyl (C=O) groups is 1. The van der Waals surface area contributed by atoms with Crippen LogP contribution in [0, 0.1) is 6.92 Å². The molecule has 0 aliphatic carbocycles. The van der Waals surface area contributed by atoms with Crippen molar-refractivity contribution in [1.82, 2.24) is 4.98 Å². The number of hydrogen-bond acceptors (Lipinski definition) is 6. The van der Waals surface area contributed by atoms with Crippen molar-refractivity contribution in [3.05, 3.63) is 72.4 Å². The highest BCUT2D eigenvalue weighted by Crippen LogP contribution is 2.29. The molecule has 0 fully saturated rings. The van der Waals surface area contributed by atoms with Crippen LogP contribution in [-0.4, -0.2) is 18.2 Å². The van der Waals surface area contributed by atoms with E-state index in [1.165, 1.54) is 0 Å². The molecule has 6 nitrogen and oxygen atoms in total. The Morgan fingerprint density at radius 2 is 1.68 bits per heavy atom. The molecule has 0 aliphatic heterocycles. The van der Waals surface area contributed by atoms with Crippen LogP contribution in [0.5, 0.6) is 17.4 Å². The van der Waals surface area contributed by atoms with Gasteiger partial charge in [-0.15, -0.1) is 0 Å². The summed E-state index contributed by atoms with van der Waals surface area (Å²) in [6.07, 6.45) is -0.892. The van der Waals surface area contributed by atoms with E-state index in [4.69, 9.17) is 18.6 Å². The zero-order chi connectivity index (χ0) is 19.5. The molecule has 4 aromatic rings. The summed E-state index contributed by atoms with van der Waals surface area (Å²) in [7, 11) is 1.60. The maximum absolute atomic E-state index is 12.3. The lowest BCUT2D eigenvalue weighted by Gasteiger charge is -2.06. The van der Waals surface area contributed by atoms with Crippen molar-refractivity contribution in [2.24, 2.45) is 0 Å². The molecule has 0 saturated heterocycles. The number of carbonyl (C=O) groups excluding carboxylic acids is 1. The Kier molecular flexibility index (Phi) is 4.68. The van der Waals surface area contributed by atoms with Crippen LogP contribution in [0.15, 0.2) is 71.1 Å². The second kappa shape index (κ2) is 7.44. The fraction of sp³-hybridized carbons (Fsp3) is 0.0909. The van der Waals surface area contributed by atoms with Gasteiger partial charge in [-0.1, -0.05) is 36.4 Å². The molecule has 0 amide bonds. The Morgan fingerprint density at radius 1 is 0.929 bits per heavy atom. The lowest BCUT2D eigenvalue weighted by Crippen LogP contribution is -2.14. The van der Waals surface area contributed by atoms with Crippen molar-refractivity contribution >= 4 is 16.9 Å². The number of benzene rings is 3. The van der Waals surface area contributed by atoms with Gasteiger partial charge in [-0.05, 0) is 42.6 Å². The van der Waals surface area contributed by atoms with Crippen LogP contribution in [0.25, 0.3) is 22.2 Å². The number of nitrogens with zero attached hydrogens (tertiary/aromatic N) is 1. The van der Waals surface area contributed by atoms with Crippen LogP contribution in [0.4, 0.5) is 4.79 Å². The normalized spacial score (nSPS) is 10.6. The van der Waals surface area contributed by atoms with E-state index in [0.29, 0.717) is 17.3 Å². The summed E-state index contributed by atoms with van der Waals surface area (Å²) in [5.41, 5.74) is 1.18. The third kappa shape index (κ3) is 3.53. The van der Waals surface area contributed by atoms with Crippen molar-refractivity contribution in [3.8, 4) is 28.9 Å². The summed E-state index contributed by atoms with van der Waals surface area (Å²) in [6.45, 7) is 1.69. The quantitative estimate of drug-likeness (QED) is 0.352. The summed E-state index contributed by atoms with van der Waals surface area (Å²) in [6, 6.07) is 20.3. The summed E-state index contributed by atoms with van der Waals surface area (Å²) in [5, 5.41) is 1.78. The van der Waals surface area contributed by atoms with Gasteiger partial charge in [-0.2, -0.15) is 0 Å². The van der Waals surface area contributed by atoms with E-state index >= 15 is 0 Å². The van der Waals surface area contributed by atoms with Gasteiger partial charge in [0.1, 0.15) is 17.2 Å². The molecule has 0 radical (unpaired) electrons. The molecular weight excluding hydrogens is 358 g/mol. The SMILES string of the molecule is COc1ccc(-c2nc(C)c(OC(=O)Oc3cccc4ccccc34)o2)cc1. The van der Waals surface area contributed by atoms with Gasteiger partial charge in [0.25, 0.3) is 0 Å². The Bertz CT molecular complexity index is 1130. The van der Waals surface area contributed by atoms with Crippen molar-refractivity contribution < 1.29 is 23.4 Å². The maximum atomic E-state index is 12.3. The van der Waals surface area contributed by atoms with Gasteiger partial charge in [0.05, 0.1) is 7.11 Å². The second-order valence-electron chi connectivity index (χ2n) is 6.05.